The Morgan fingerprint density at radius 1 is 1.03 bits per heavy atom. The van der Waals surface area contributed by atoms with Crippen LogP contribution in [0, 0.1) is 13.8 Å². The third-order valence-corrected chi connectivity index (χ3v) is 5.27. The van der Waals surface area contributed by atoms with Gasteiger partial charge in [0.1, 0.15) is 29.9 Å². The van der Waals surface area contributed by atoms with E-state index >= 15 is 0 Å². The summed E-state index contributed by atoms with van der Waals surface area (Å²) in [5, 5.41) is 11.3. The minimum absolute atomic E-state index is 0.255. The van der Waals surface area contributed by atoms with Crippen LogP contribution in [0.4, 0.5) is 5.69 Å². The van der Waals surface area contributed by atoms with Gasteiger partial charge in [-0.25, -0.2) is 9.20 Å². The number of nitrogens with zero attached hydrogens (tertiary/aromatic N) is 4. The Balaban J connectivity index is 1.58. The molecule has 1 N–H and O–H groups in total. The standard InChI is InChI=1S/C23H23N5O4/c1-14-5-6-16(9-15(14)2)19-11-20-23(30)27(24-13-28(20)26-19)12-22(29)25-18-8-7-17(31-3)10-21(18)32-4/h5-11,13H,12H2,1-4H3,(H,25,29). The number of amides is 1. The van der Waals surface area contributed by atoms with Crippen LogP contribution in [0.2, 0.25) is 0 Å². The topological polar surface area (TPSA) is 99.8 Å². The molecule has 164 valence electrons. The summed E-state index contributed by atoms with van der Waals surface area (Å²) in [6, 6.07) is 12.7. The summed E-state index contributed by atoms with van der Waals surface area (Å²) >= 11 is 0. The number of ether oxygens (including phenoxy) is 2. The molecule has 0 aliphatic carbocycles. The monoisotopic (exact) mass is 433 g/mol. The first-order valence-electron chi connectivity index (χ1n) is 9.94. The summed E-state index contributed by atoms with van der Waals surface area (Å²) in [6.45, 7) is 3.81. The van der Waals surface area contributed by atoms with Crippen molar-refractivity contribution in [3.05, 3.63) is 70.3 Å². The van der Waals surface area contributed by atoms with Crippen molar-refractivity contribution in [1.29, 1.82) is 0 Å². The minimum Gasteiger partial charge on any atom is -0.497 e. The van der Waals surface area contributed by atoms with Gasteiger partial charge in [0.05, 0.1) is 25.6 Å². The highest BCUT2D eigenvalue weighted by Crippen LogP contribution is 2.29. The number of methoxy groups -OCH3 is 2. The predicted molar refractivity (Wildman–Crippen MR) is 120 cm³/mol. The van der Waals surface area contributed by atoms with Crippen molar-refractivity contribution >= 4 is 17.1 Å². The second-order valence-electron chi connectivity index (χ2n) is 7.37. The van der Waals surface area contributed by atoms with Crippen LogP contribution in [0.15, 0.2) is 53.6 Å². The lowest BCUT2D eigenvalue weighted by Crippen LogP contribution is -2.30. The molecule has 32 heavy (non-hydrogen) atoms. The number of benzene rings is 2. The van der Waals surface area contributed by atoms with Gasteiger partial charge in [-0.3, -0.25) is 9.59 Å². The second-order valence-corrected chi connectivity index (χ2v) is 7.37. The molecule has 0 bridgehead atoms. The molecule has 0 saturated heterocycles. The van der Waals surface area contributed by atoms with E-state index in [0.29, 0.717) is 28.4 Å². The summed E-state index contributed by atoms with van der Waals surface area (Å²) in [7, 11) is 3.04. The van der Waals surface area contributed by atoms with E-state index in [0.717, 1.165) is 15.8 Å². The van der Waals surface area contributed by atoms with E-state index in [1.54, 1.807) is 31.4 Å². The second kappa shape index (κ2) is 8.54. The third kappa shape index (κ3) is 4.04. The maximum Gasteiger partial charge on any atom is 0.293 e. The number of anilines is 1. The SMILES string of the molecule is COc1ccc(NC(=O)Cn2ncn3nc(-c4ccc(C)c(C)c4)cc3c2=O)c(OC)c1. The zero-order valence-electron chi connectivity index (χ0n) is 18.2. The lowest BCUT2D eigenvalue weighted by atomic mass is 10.0. The molecule has 1 amide bonds. The van der Waals surface area contributed by atoms with E-state index < -0.39 is 11.5 Å². The van der Waals surface area contributed by atoms with Crippen LogP contribution in [0.5, 0.6) is 11.5 Å². The lowest BCUT2D eigenvalue weighted by Gasteiger charge is -2.12. The number of fused-ring (bicyclic) bond motifs is 1. The zero-order valence-corrected chi connectivity index (χ0v) is 18.2. The van der Waals surface area contributed by atoms with Crippen LogP contribution in [-0.2, 0) is 11.3 Å². The summed E-state index contributed by atoms with van der Waals surface area (Å²) < 4.78 is 13.0. The molecule has 2 aromatic heterocycles. The summed E-state index contributed by atoms with van der Waals surface area (Å²) in [5.41, 5.74) is 4.29. The number of aromatic nitrogens is 4. The van der Waals surface area contributed by atoms with Crippen molar-refractivity contribution in [3.63, 3.8) is 0 Å². The van der Waals surface area contributed by atoms with Crippen molar-refractivity contribution in [1.82, 2.24) is 19.4 Å². The fourth-order valence-corrected chi connectivity index (χ4v) is 3.32. The summed E-state index contributed by atoms with van der Waals surface area (Å²) in [4.78, 5) is 25.5. The van der Waals surface area contributed by atoms with Crippen molar-refractivity contribution < 1.29 is 14.3 Å². The highest BCUT2D eigenvalue weighted by Gasteiger charge is 2.14. The van der Waals surface area contributed by atoms with E-state index in [4.69, 9.17) is 9.47 Å². The molecule has 9 heteroatoms. The van der Waals surface area contributed by atoms with Crippen molar-refractivity contribution in [2.75, 3.05) is 19.5 Å². The average molecular weight is 433 g/mol. The quantitative estimate of drug-likeness (QED) is 0.502. The molecule has 9 nitrogen and oxygen atoms in total. The minimum atomic E-state index is -0.415. The van der Waals surface area contributed by atoms with Gasteiger partial charge >= 0.3 is 0 Å². The summed E-state index contributed by atoms with van der Waals surface area (Å²) in [6.07, 6.45) is 1.42. The zero-order chi connectivity index (χ0) is 22.8. The number of hydrogen-bond donors (Lipinski definition) is 1. The molecule has 2 heterocycles. The number of nitrogens with one attached hydrogen (secondary N) is 1. The average Bonchev–Trinajstić information content (AvgIpc) is 3.23. The molecule has 4 rings (SSSR count). The van der Waals surface area contributed by atoms with Gasteiger partial charge in [-0.2, -0.15) is 10.2 Å². The first kappa shape index (κ1) is 21.1. The van der Waals surface area contributed by atoms with Gasteiger partial charge in [0.2, 0.25) is 5.91 Å². The smallest absolute Gasteiger partial charge is 0.293 e. The van der Waals surface area contributed by atoms with Crippen LogP contribution < -0.4 is 20.3 Å². The molecular weight excluding hydrogens is 410 g/mol. The highest BCUT2D eigenvalue weighted by atomic mass is 16.5. The van der Waals surface area contributed by atoms with Gasteiger partial charge < -0.3 is 14.8 Å². The highest BCUT2D eigenvalue weighted by molar-refractivity contribution is 5.92. The van der Waals surface area contributed by atoms with E-state index in [-0.39, 0.29) is 6.54 Å². The summed E-state index contributed by atoms with van der Waals surface area (Å²) in [5.74, 6) is 0.632. The van der Waals surface area contributed by atoms with Gasteiger partial charge in [0.25, 0.3) is 5.56 Å². The molecule has 0 spiro atoms. The number of carbonyl (C=O) groups excluding carboxylic acids is 1. The molecule has 0 aliphatic rings. The molecule has 4 aromatic rings. The normalized spacial score (nSPS) is 10.9. The van der Waals surface area contributed by atoms with Crippen LogP contribution in [-0.4, -0.2) is 39.5 Å². The molecule has 0 fully saturated rings. The molecule has 0 aliphatic heterocycles. The number of hydrogen-bond acceptors (Lipinski definition) is 6. The van der Waals surface area contributed by atoms with Gasteiger partial charge in [-0.15, -0.1) is 0 Å². The van der Waals surface area contributed by atoms with Crippen molar-refractivity contribution in [3.8, 4) is 22.8 Å². The Hall–Kier alpha value is -4.14. The Bertz CT molecular complexity index is 1370. The van der Waals surface area contributed by atoms with Crippen LogP contribution in [0.25, 0.3) is 16.8 Å². The fourth-order valence-electron chi connectivity index (χ4n) is 3.32. The molecule has 0 unspecified atom stereocenters. The van der Waals surface area contributed by atoms with Gasteiger partial charge in [0, 0.05) is 11.6 Å². The maximum absolute atomic E-state index is 12.9. The number of carbonyl (C=O) groups is 1. The molecule has 0 atom stereocenters. The molecule has 2 aromatic carbocycles. The third-order valence-electron chi connectivity index (χ3n) is 5.27. The largest absolute Gasteiger partial charge is 0.497 e. The Kier molecular flexibility index (Phi) is 5.63. The van der Waals surface area contributed by atoms with Crippen LogP contribution >= 0.6 is 0 Å². The number of aryl methyl sites for hydroxylation is 2. The Morgan fingerprint density at radius 3 is 2.56 bits per heavy atom. The molecule has 0 radical (unpaired) electrons. The van der Waals surface area contributed by atoms with Crippen LogP contribution in [0.3, 0.4) is 0 Å². The van der Waals surface area contributed by atoms with E-state index in [9.17, 15) is 9.59 Å². The van der Waals surface area contributed by atoms with E-state index in [1.165, 1.54) is 23.5 Å². The first-order valence-corrected chi connectivity index (χ1v) is 9.94. The van der Waals surface area contributed by atoms with Gasteiger partial charge in [-0.05, 0) is 49.2 Å². The van der Waals surface area contributed by atoms with Crippen molar-refractivity contribution in [2.24, 2.45) is 0 Å². The molecular formula is C23H23N5O4. The maximum atomic E-state index is 12.9. The van der Waals surface area contributed by atoms with Gasteiger partial charge in [-0.1, -0.05) is 12.1 Å². The predicted octanol–water partition coefficient (Wildman–Crippen LogP) is 2.83. The first-order chi connectivity index (χ1) is 15.4. The number of rotatable bonds is 6. The lowest BCUT2D eigenvalue weighted by molar-refractivity contribution is -0.117. The van der Waals surface area contributed by atoms with Crippen LogP contribution in [0.1, 0.15) is 11.1 Å². The Labute approximate surface area is 184 Å². The van der Waals surface area contributed by atoms with E-state index in [2.05, 4.69) is 15.5 Å². The Morgan fingerprint density at radius 2 is 1.84 bits per heavy atom. The van der Waals surface area contributed by atoms with Crippen molar-refractivity contribution in [2.45, 2.75) is 20.4 Å². The molecule has 0 saturated carbocycles. The van der Waals surface area contributed by atoms with Gasteiger partial charge in [0.15, 0.2) is 0 Å². The fraction of sp³-hybridized carbons (Fsp3) is 0.217. The van der Waals surface area contributed by atoms with E-state index in [1.807, 2.05) is 32.0 Å².